The quantitative estimate of drug-likeness (QED) is 0.755. The SMILES string of the molecule is CCC(NC1CC(C)CC(C)(C)C1)C(C)C. The van der Waals surface area contributed by atoms with Crippen molar-refractivity contribution in [1.82, 2.24) is 5.32 Å². The van der Waals surface area contributed by atoms with Crippen LogP contribution in [0.1, 0.15) is 67.2 Å². The molecule has 0 amide bonds. The van der Waals surface area contributed by atoms with Crippen LogP contribution in [0.4, 0.5) is 0 Å². The van der Waals surface area contributed by atoms with Crippen LogP contribution in [0.5, 0.6) is 0 Å². The molecule has 3 unspecified atom stereocenters. The molecule has 0 aliphatic heterocycles. The molecular formula is C15H31N. The zero-order valence-electron chi connectivity index (χ0n) is 12.1. The van der Waals surface area contributed by atoms with Gasteiger partial charge in [0.2, 0.25) is 0 Å². The van der Waals surface area contributed by atoms with Gasteiger partial charge in [0, 0.05) is 12.1 Å². The summed E-state index contributed by atoms with van der Waals surface area (Å²) < 4.78 is 0. The summed E-state index contributed by atoms with van der Waals surface area (Å²) in [7, 11) is 0. The Morgan fingerprint density at radius 3 is 2.31 bits per heavy atom. The molecule has 3 atom stereocenters. The molecule has 1 saturated carbocycles. The van der Waals surface area contributed by atoms with E-state index in [2.05, 4.69) is 46.9 Å². The van der Waals surface area contributed by atoms with Gasteiger partial charge in [-0.15, -0.1) is 0 Å². The molecule has 0 bridgehead atoms. The molecule has 1 heteroatoms. The minimum Gasteiger partial charge on any atom is -0.311 e. The van der Waals surface area contributed by atoms with Crippen LogP contribution in [-0.2, 0) is 0 Å². The Morgan fingerprint density at radius 2 is 1.88 bits per heavy atom. The third-order valence-corrected chi connectivity index (χ3v) is 4.08. The molecule has 0 radical (unpaired) electrons. The zero-order chi connectivity index (χ0) is 12.3. The van der Waals surface area contributed by atoms with E-state index in [-0.39, 0.29) is 0 Å². The van der Waals surface area contributed by atoms with E-state index in [4.69, 9.17) is 0 Å². The third-order valence-electron chi connectivity index (χ3n) is 4.08. The fourth-order valence-corrected chi connectivity index (χ4v) is 3.56. The van der Waals surface area contributed by atoms with Crippen molar-refractivity contribution in [3.05, 3.63) is 0 Å². The van der Waals surface area contributed by atoms with E-state index in [1.165, 1.54) is 25.7 Å². The van der Waals surface area contributed by atoms with Crippen molar-refractivity contribution in [2.45, 2.75) is 79.3 Å². The van der Waals surface area contributed by atoms with E-state index in [0.29, 0.717) is 11.5 Å². The maximum Gasteiger partial charge on any atom is 0.00900 e. The largest absolute Gasteiger partial charge is 0.311 e. The Morgan fingerprint density at radius 1 is 1.25 bits per heavy atom. The highest BCUT2D eigenvalue weighted by Crippen LogP contribution is 2.38. The van der Waals surface area contributed by atoms with Crippen molar-refractivity contribution in [3.8, 4) is 0 Å². The summed E-state index contributed by atoms with van der Waals surface area (Å²) in [4.78, 5) is 0. The lowest BCUT2D eigenvalue weighted by Gasteiger charge is -2.41. The first-order valence-corrected chi connectivity index (χ1v) is 7.10. The van der Waals surface area contributed by atoms with Gasteiger partial charge in [0.05, 0.1) is 0 Å². The van der Waals surface area contributed by atoms with Gasteiger partial charge >= 0.3 is 0 Å². The fraction of sp³-hybridized carbons (Fsp3) is 1.00. The molecular weight excluding hydrogens is 194 g/mol. The molecule has 0 aromatic heterocycles. The minimum atomic E-state index is 0.532. The summed E-state index contributed by atoms with van der Waals surface area (Å²) in [6.07, 6.45) is 5.36. The summed E-state index contributed by atoms with van der Waals surface area (Å²) in [6.45, 7) is 14.2. The maximum absolute atomic E-state index is 3.89. The van der Waals surface area contributed by atoms with Crippen molar-refractivity contribution in [2.24, 2.45) is 17.3 Å². The maximum atomic E-state index is 3.89. The van der Waals surface area contributed by atoms with E-state index < -0.39 is 0 Å². The van der Waals surface area contributed by atoms with Crippen molar-refractivity contribution >= 4 is 0 Å². The Balaban J connectivity index is 2.53. The van der Waals surface area contributed by atoms with Crippen LogP contribution >= 0.6 is 0 Å². The molecule has 0 spiro atoms. The summed E-state index contributed by atoms with van der Waals surface area (Å²) in [6, 6.07) is 1.44. The highest BCUT2D eigenvalue weighted by atomic mass is 15.0. The van der Waals surface area contributed by atoms with Crippen molar-refractivity contribution < 1.29 is 0 Å². The predicted octanol–water partition coefficient (Wildman–Crippen LogP) is 4.23. The summed E-state index contributed by atoms with van der Waals surface area (Å²) in [5, 5.41) is 3.89. The van der Waals surface area contributed by atoms with Crippen LogP contribution in [-0.4, -0.2) is 12.1 Å². The Bertz CT molecular complexity index is 207. The lowest BCUT2D eigenvalue weighted by atomic mass is 9.70. The highest BCUT2D eigenvalue weighted by Gasteiger charge is 2.32. The monoisotopic (exact) mass is 225 g/mol. The average molecular weight is 225 g/mol. The van der Waals surface area contributed by atoms with Crippen LogP contribution in [0.3, 0.4) is 0 Å². The van der Waals surface area contributed by atoms with Crippen LogP contribution in [0.25, 0.3) is 0 Å². The third kappa shape index (κ3) is 4.08. The van der Waals surface area contributed by atoms with E-state index in [9.17, 15) is 0 Å². The van der Waals surface area contributed by atoms with E-state index in [1.54, 1.807) is 0 Å². The molecule has 0 aromatic carbocycles. The summed E-state index contributed by atoms with van der Waals surface area (Å²) in [5.74, 6) is 1.64. The number of rotatable bonds is 4. The predicted molar refractivity (Wildman–Crippen MR) is 72.6 cm³/mol. The van der Waals surface area contributed by atoms with Gasteiger partial charge in [-0.05, 0) is 42.9 Å². The lowest BCUT2D eigenvalue weighted by molar-refractivity contribution is 0.138. The Labute approximate surface area is 102 Å². The van der Waals surface area contributed by atoms with Gasteiger partial charge in [0.15, 0.2) is 0 Å². The molecule has 1 N–H and O–H groups in total. The number of nitrogens with one attached hydrogen (secondary N) is 1. The topological polar surface area (TPSA) is 12.0 Å². The van der Waals surface area contributed by atoms with E-state index in [0.717, 1.165) is 17.9 Å². The first-order chi connectivity index (χ1) is 7.34. The van der Waals surface area contributed by atoms with Gasteiger partial charge in [-0.25, -0.2) is 0 Å². The molecule has 1 aliphatic rings. The smallest absolute Gasteiger partial charge is 0.00900 e. The normalized spacial score (nSPS) is 31.7. The van der Waals surface area contributed by atoms with E-state index >= 15 is 0 Å². The van der Waals surface area contributed by atoms with Crippen molar-refractivity contribution in [2.75, 3.05) is 0 Å². The second kappa shape index (κ2) is 5.53. The Hall–Kier alpha value is -0.0400. The molecule has 16 heavy (non-hydrogen) atoms. The van der Waals surface area contributed by atoms with Crippen LogP contribution in [0.2, 0.25) is 0 Å². The van der Waals surface area contributed by atoms with Crippen molar-refractivity contribution in [3.63, 3.8) is 0 Å². The molecule has 1 fully saturated rings. The number of hydrogen-bond donors (Lipinski definition) is 1. The van der Waals surface area contributed by atoms with Gasteiger partial charge in [-0.1, -0.05) is 41.5 Å². The van der Waals surface area contributed by atoms with Gasteiger partial charge < -0.3 is 5.32 Å². The fourth-order valence-electron chi connectivity index (χ4n) is 3.56. The standard InChI is InChI=1S/C15H31N/c1-7-14(11(2)3)16-13-8-12(4)9-15(5,6)10-13/h11-14,16H,7-10H2,1-6H3. The van der Waals surface area contributed by atoms with Crippen LogP contribution in [0, 0.1) is 17.3 Å². The van der Waals surface area contributed by atoms with Gasteiger partial charge in [0.1, 0.15) is 0 Å². The van der Waals surface area contributed by atoms with E-state index in [1.807, 2.05) is 0 Å². The first kappa shape index (κ1) is 14.0. The second-order valence-corrected chi connectivity index (χ2v) is 7.04. The van der Waals surface area contributed by atoms with Crippen LogP contribution in [0.15, 0.2) is 0 Å². The average Bonchev–Trinajstić information content (AvgIpc) is 2.10. The molecule has 1 nitrogen and oxygen atoms in total. The van der Waals surface area contributed by atoms with Crippen molar-refractivity contribution in [1.29, 1.82) is 0 Å². The van der Waals surface area contributed by atoms with Gasteiger partial charge in [-0.2, -0.15) is 0 Å². The molecule has 1 rings (SSSR count). The molecule has 1 aliphatic carbocycles. The molecule has 0 saturated heterocycles. The summed E-state index contributed by atoms with van der Waals surface area (Å²) >= 11 is 0. The molecule has 0 aromatic rings. The number of hydrogen-bond acceptors (Lipinski definition) is 1. The summed E-state index contributed by atoms with van der Waals surface area (Å²) in [5.41, 5.74) is 0.532. The van der Waals surface area contributed by atoms with Gasteiger partial charge in [0.25, 0.3) is 0 Å². The minimum absolute atomic E-state index is 0.532. The van der Waals surface area contributed by atoms with Gasteiger partial charge in [-0.3, -0.25) is 0 Å². The zero-order valence-corrected chi connectivity index (χ0v) is 12.1. The van der Waals surface area contributed by atoms with Crippen LogP contribution < -0.4 is 5.32 Å². The second-order valence-electron chi connectivity index (χ2n) is 7.04. The first-order valence-electron chi connectivity index (χ1n) is 7.10. The highest BCUT2D eigenvalue weighted by molar-refractivity contribution is 4.88. The Kier molecular flexibility index (Phi) is 4.85. The molecule has 0 heterocycles. The molecule has 96 valence electrons. The lowest BCUT2D eigenvalue weighted by Crippen LogP contribution is -2.46.